The molecule has 0 bridgehead atoms. The monoisotopic (exact) mass is 454 g/mol. The van der Waals surface area contributed by atoms with Crippen molar-refractivity contribution in [3.8, 4) is 6.01 Å². The van der Waals surface area contributed by atoms with Gasteiger partial charge in [0.25, 0.3) is 0 Å². The molecule has 0 amide bonds. The smallest absolute Gasteiger partial charge is 0.348 e. The lowest BCUT2D eigenvalue weighted by Gasteiger charge is -2.39. The number of carboxylic acids is 1. The van der Waals surface area contributed by atoms with Gasteiger partial charge < -0.3 is 14.6 Å². The number of aromatic nitrogens is 2. The fourth-order valence-corrected chi connectivity index (χ4v) is 3.95. The molecule has 172 valence electrons. The van der Waals surface area contributed by atoms with E-state index in [1.54, 1.807) is 19.2 Å². The molecule has 1 heterocycles. The van der Waals surface area contributed by atoms with Gasteiger partial charge in [-0.15, -0.1) is 0 Å². The van der Waals surface area contributed by atoms with E-state index in [9.17, 15) is 9.90 Å². The standard InChI is InChI=1S/C28H26N2O4/c1-21-17-19-29-27(30-21)34-25(26(31)32)28(23-13-7-3-8-14-23,24-15-9-4-10-16-24)33-20-18-22-11-5-2-6-12-22/h2-17,19,25H,18,20H2,1H3,(H,31,32)/t25-/m1/s1. The number of aliphatic carboxylic acids is 1. The van der Waals surface area contributed by atoms with Crippen LogP contribution < -0.4 is 4.74 Å². The molecule has 4 aromatic rings. The zero-order valence-corrected chi connectivity index (χ0v) is 18.9. The van der Waals surface area contributed by atoms with Crippen molar-refractivity contribution in [1.82, 2.24) is 9.97 Å². The van der Waals surface area contributed by atoms with Gasteiger partial charge in [0.05, 0.1) is 6.61 Å². The fourth-order valence-electron chi connectivity index (χ4n) is 3.95. The summed E-state index contributed by atoms with van der Waals surface area (Å²) in [5.74, 6) is -1.18. The zero-order chi connectivity index (χ0) is 23.8. The fraction of sp³-hybridized carbons (Fsp3) is 0.179. The predicted molar refractivity (Wildman–Crippen MR) is 129 cm³/mol. The van der Waals surface area contributed by atoms with E-state index < -0.39 is 17.7 Å². The molecule has 6 nitrogen and oxygen atoms in total. The number of nitrogens with zero attached hydrogens (tertiary/aromatic N) is 2. The summed E-state index contributed by atoms with van der Waals surface area (Å²) in [6.45, 7) is 2.07. The van der Waals surface area contributed by atoms with Crippen molar-refractivity contribution < 1.29 is 19.4 Å². The molecule has 6 heteroatoms. The van der Waals surface area contributed by atoms with Crippen LogP contribution in [0.15, 0.2) is 103 Å². The first kappa shape index (κ1) is 23.1. The van der Waals surface area contributed by atoms with Crippen molar-refractivity contribution in [1.29, 1.82) is 0 Å². The summed E-state index contributed by atoms with van der Waals surface area (Å²) in [6.07, 6.45) is 0.699. The van der Waals surface area contributed by atoms with E-state index in [4.69, 9.17) is 9.47 Å². The Morgan fingerprint density at radius 1 is 0.882 bits per heavy atom. The molecule has 0 aliphatic heterocycles. The summed E-state index contributed by atoms with van der Waals surface area (Å²) in [6, 6.07) is 30.2. The molecule has 0 unspecified atom stereocenters. The topological polar surface area (TPSA) is 81.5 Å². The van der Waals surface area contributed by atoms with E-state index in [0.29, 0.717) is 23.2 Å². The second kappa shape index (κ2) is 10.7. The lowest BCUT2D eigenvalue weighted by Crippen LogP contribution is -2.51. The number of hydrogen-bond donors (Lipinski definition) is 1. The minimum Gasteiger partial charge on any atom is -0.478 e. The van der Waals surface area contributed by atoms with Crippen LogP contribution in [-0.2, 0) is 21.6 Å². The number of carboxylic acid groups (broad SMARTS) is 1. The van der Waals surface area contributed by atoms with Gasteiger partial charge in [0.15, 0.2) is 5.60 Å². The first-order chi connectivity index (χ1) is 16.6. The van der Waals surface area contributed by atoms with Crippen LogP contribution in [0.3, 0.4) is 0 Å². The highest BCUT2D eigenvalue weighted by molar-refractivity contribution is 5.76. The van der Waals surface area contributed by atoms with Crippen LogP contribution in [-0.4, -0.2) is 33.8 Å². The first-order valence-corrected chi connectivity index (χ1v) is 11.1. The van der Waals surface area contributed by atoms with Crippen molar-refractivity contribution in [3.63, 3.8) is 0 Å². The minimum absolute atomic E-state index is 0.0182. The van der Waals surface area contributed by atoms with Crippen LogP contribution in [0, 0.1) is 6.92 Å². The maximum absolute atomic E-state index is 12.8. The molecule has 0 saturated heterocycles. The Labute approximate surface area is 198 Å². The molecule has 0 aliphatic rings. The van der Waals surface area contributed by atoms with Crippen LogP contribution in [0.25, 0.3) is 0 Å². The summed E-state index contributed by atoms with van der Waals surface area (Å²) < 4.78 is 12.6. The highest BCUT2D eigenvalue weighted by atomic mass is 16.6. The molecule has 0 radical (unpaired) electrons. The van der Waals surface area contributed by atoms with Gasteiger partial charge in [-0.05, 0) is 36.1 Å². The number of carbonyl (C=O) groups is 1. The van der Waals surface area contributed by atoms with Gasteiger partial charge in [0.2, 0.25) is 6.10 Å². The molecular formula is C28H26N2O4. The summed E-state index contributed by atoms with van der Waals surface area (Å²) in [7, 11) is 0. The Kier molecular flexibility index (Phi) is 7.30. The Bertz CT molecular complexity index is 1160. The van der Waals surface area contributed by atoms with Gasteiger partial charge in [-0.1, -0.05) is 91.0 Å². The van der Waals surface area contributed by atoms with Gasteiger partial charge in [-0.2, -0.15) is 0 Å². The summed E-state index contributed by atoms with van der Waals surface area (Å²) in [5.41, 5.74) is 1.64. The molecule has 1 aromatic heterocycles. The molecule has 0 spiro atoms. The molecule has 0 aliphatic carbocycles. The van der Waals surface area contributed by atoms with Gasteiger partial charge in [-0.3, -0.25) is 0 Å². The van der Waals surface area contributed by atoms with Crippen LogP contribution >= 0.6 is 0 Å². The largest absolute Gasteiger partial charge is 0.478 e. The van der Waals surface area contributed by atoms with Gasteiger partial charge in [-0.25, -0.2) is 14.8 Å². The molecule has 0 saturated carbocycles. The predicted octanol–water partition coefficient (Wildman–Crippen LogP) is 4.82. The maximum atomic E-state index is 12.8. The summed E-state index contributed by atoms with van der Waals surface area (Å²) in [4.78, 5) is 21.2. The molecule has 3 aromatic carbocycles. The average molecular weight is 455 g/mol. The lowest BCUT2D eigenvalue weighted by atomic mass is 9.81. The van der Waals surface area contributed by atoms with Crippen LogP contribution in [0.4, 0.5) is 0 Å². The summed E-state index contributed by atoms with van der Waals surface area (Å²) in [5, 5.41) is 10.4. The zero-order valence-electron chi connectivity index (χ0n) is 18.9. The SMILES string of the molecule is Cc1ccnc(O[C@H](C(=O)O)C(OCCc2ccccc2)(c2ccccc2)c2ccccc2)n1. The maximum Gasteiger partial charge on any atom is 0.348 e. The Morgan fingerprint density at radius 2 is 1.44 bits per heavy atom. The van der Waals surface area contributed by atoms with E-state index >= 15 is 0 Å². The first-order valence-electron chi connectivity index (χ1n) is 11.1. The van der Waals surface area contributed by atoms with Crippen molar-refractivity contribution in [2.45, 2.75) is 25.0 Å². The third kappa shape index (κ3) is 5.13. The third-order valence-electron chi connectivity index (χ3n) is 5.56. The van der Waals surface area contributed by atoms with Gasteiger partial charge in [0, 0.05) is 11.9 Å². The van der Waals surface area contributed by atoms with Crippen molar-refractivity contribution >= 4 is 5.97 Å². The number of benzene rings is 3. The normalized spacial score (nSPS) is 12.1. The second-order valence-electron chi connectivity index (χ2n) is 7.87. The number of ether oxygens (including phenoxy) is 2. The van der Waals surface area contributed by atoms with E-state index in [-0.39, 0.29) is 12.6 Å². The number of rotatable bonds is 10. The van der Waals surface area contributed by atoms with Crippen molar-refractivity contribution in [2.24, 2.45) is 0 Å². The Morgan fingerprint density at radius 3 is 1.97 bits per heavy atom. The lowest BCUT2D eigenvalue weighted by molar-refractivity contribution is -0.164. The van der Waals surface area contributed by atoms with Gasteiger partial charge >= 0.3 is 12.0 Å². The van der Waals surface area contributed by atoms with Crippen LogP contribution in [0.1, 0.15) is 22.4 Å². The molecule has 1 N–H and O–H groups in total. The second-order valence-corrected chi connectivity index (χ2v) is 7.87. The Hall–Kier alpha value is -4.03. The molecule has 34 heavy (non-hydrogen) atoms. The van der Waals surface area contributed by atoms with Crippen LogP contribution in [0.2, 0.25) is 0 Å². The molecule has 1 atom stereocenters. The van der Waals surface area contributed by atoms with Crippen molar-refractivity contribution in [2.75, 3.05) is 6.61 Å². The van der Waals surface area contributed by atoms with E-state index in [1.165, 1.54) is 0 Å². The number of aryl methyl sites for hydroxylation is 1. The van der Waals surface area contributed by atoms with E-state index in [0.717, 1.165) is 5.56 Å². The van der Waals surface area contributed by atoms with Crippen molar-refractivity contribution in [3.05, 3.63) is 126 Å². The average Bonchev–Trinajstić information content (AvgIpc) is 2.87. The molecular weight excluding hydrogens is 428 g/mol. The van der Waals surface area contributed by atoms with E-state index in [2.05, 4.69) is 9.97 Å². The van der Waals surface area contributed by atoms with Gasteiger partial charge in [0.1, 0.15) is 0 Å². The number of hydrogen-bond acceptors (Lipinski definition) is 5. The highest BCUT2D eigenvalue weighted by Crippen LogP contribution is 2.39. The quantitative estimate of drug-likeness (QED) is 0.370. The van der Waals surface area contributed by atoms with E-state index in [1.807, 2.05) is 91.0 Å². The third-order valence-corrected chi connectivity index (χ3v) is 5.56. The molecule has 0 fully saturated rings. The van der Waals surface area contributed by atoms with Crippen LogP contribution in [0.5, 0.6) is 6.01 Å². The summed E-state index contributed by atoms with van der Waals surface area (Å²) >= 11 is 0. The Balaban J connectivity index is 1.82. The highest BCUT2D eigenvalue weighted by Gasteiger charge is 2.50. The molecule has 4 rings (SSSR count). The minimum atomic E-state index is -1.45.